The standard InChI is InChI=1S/C8H16O2/c1-7(9-2)8-3-5-10-6-4-8/h7-8H,3-6H2,1-2H3/t7-/m1/s1. The first-order chi connectivity index (χ1) is 4.84. The molecule has 0 bridgehead atoms. The molecule has 1 saturated heterocycles. The molecule has 1 atom stereocenters. The third-order valence-electron chi connectivity index (χ3n) is 2.30. The van der Waals surface area contributed by atoms with Crippen molar-refractivity contribution in [2.45, 2.75) is 25.9 Å². The van der Waals surface area contributed by atoms with Gasteiger partial charge >= 0.3 is 0 Å². The van der Waals surface area contributed by atoms with Gasteiger partial charge in [-0.05, 0) is 25.7 Å². The molecule has 1 aliphatic rings. The van der Waals surface area contributed by atoms with Gasteiger partial charge in [-0.2, -0.15) is 0 Å². The Morgan fingerprint density at radius 2 is 2.00 bits per heavy atom. The highest BCUT2D eigenvalue weighted by atomic mass is 16.5. The molecule has 1 aliphatic heterocycles. The van der Waals surface area contributed by atoms with Crippen molar-refractivity contribution < 1.29 is 9.47 Å². The summed E-state index contributed by atoms with van der Waals surface area (Å²) < 4.78 is 10.5. The molecule has 10 heavy (non-hydrogen) atoms. The molecule has 0 amide bonds. The van der Waals surface area contributed by atoms with Gasteiger partial charge in [-0.15, -0.1) is 0 Å². The van der Waals surface area contributed by atoms with Crippen LogP contribution >= 0.6 is 0 Å². The van der Waals surface area contributed by atoms with Gasteiger partial charge in [-0.25, -0.2) is 0 Å². The van der Waals surface area contributed by atoms with Crippen LogP contribution in [0, 0.1) is 5.92 Å². The van der Waals surface area contributed by atoms with Gasteiger partial charge in [0, 0.05) is 20.3 Å². The fourth-order valence-electron chi connectivity index (χ4n) is 1.38. The molecule has 0 saturated carbocycles. The molecular weight excluding hydrogens is 128 g/mol. The fourth-order valence-corrected chi connectivity index (χ4v) is 1.38. The largest absolute Gasteiger partial charge is 0.381 e. The molecule has 2 heteroatoms. The van der Waals surface area contributed by atoms with Crippen LogP contribution in [-0.2, 0) is 9.47 Å². The second-order valence-corrected chi connectivity index (χ2v) is 2.89. The van der Waals surface area contributed by atoms with Crippen LogP contribution in [0.25, 0.3) is 0 Å². The SMILES string of the molecule is CO[C@H](C)C1CCOCC1. The van der Waals surface area contributed by atoms with E-state index in [9.17, 15) is 0 Å². The predicted octanol–water partition coefficient (Wildman–Crippen LogP) is 1.45. The Bertz CT molecular complexity index is 87.3. The molecule has 1 rings (SSSR count). The van der Waals surface area contributed by atoms with Crippen LogP contribution in [0.2, 0.25) is 0 Å². The zero-order valence-corrected chi connectivity index (χ0v) is 6.80. The molecule has 0 spiro atoms. The first-order valence-corrected chi connectivity index (χ1v) is 3.95. The quantitative estimate of drug-likeness (QED) is 0.584. The van der Waals surface area contributed by atoms with Gasteiger partial charge in [0.25, 0.3) is 0 Å². The van der Waals surface area contributed by atoms with E-state index in [1.165, 1.54) is 0 Å². The van der Waals surface area contributed by atoms with Gasteiger partial charge in [0.15, 0.2) is 0 Å². The second-order valence-electron chi connectivity index (χ2n) is 2.89. The van der Waals surface area contributed by atoms with Crippen molar-refractivity contribution in [3.05, 3.63) is 0 Å². The van der Waals surface area contributed by atoms with Gasteiger partial charge in [-0.1, -0.05) is 0 Å². The van der Waals surface area contributed by atoms with Crippen molar-refractivity contribution in [1.82, 2.24) is 0 Å². The maximum atomic E-state index is 5.24. The van der Waals surface area contributed by atoms with Gasteiger partial charge in [0.1, 0.15) is 0 Å². The first-order valence-electron chi connectivity index (χ1n) is 3.95. The van der Waals surface area contributed by atoms with E-state index >= 15 is 0 Å². The van der Waals surface area contributed by atoms with Crippen LogP contribution in [0.3, 0.4) is 0 Å². The minimum absolute atomic E-state index is 0.406. The van der Waals surface area contributed by atoms with E-state index in [0.29, 0.717) is 6.10 Å². The summed E-state index contributed by atoms with van der Waals surface area (Å²) in [6.45, 7) is 3.96. The Kier molecular flexibility index (Phi) is 3.16. The zero-order valence-electron chi connectivity index (χ0n) is 6.80. The van der Waals surface area contributed by atoms with Crippen LogP contribution in [-0.4, -0.2) is 26.4 Å². The van der Waals surface area contributed by atoms with Crippen molar-refractivity contribution in [3.63, 3.8) is 0 Å². The lowest BCUT2D eigenvalue weighted by Crippen LogP contribution is -2.26. The molecule has 0 aromatic rings. The molecule has 2 nitrogen and oxygen atoms in total. The molecule has 60 valence electrons. The Morgan fingerprint density at radius 1 is 1.40 bits per heavy atom. The van der Waals surface area contributed by atoms with Crippen molar-refractivity contribution in [2.24, 2.45) is 5.92 Å². The van der Waals surface area contributed by atoms with Crippen LogP contribution in [0.5, 0.6) is 0 Å². The number of hydrogen-bond acceptors (Lipinski definition) is 2. The van der Waals surface area contributed by atoms with Crippen molar-refractivity contribution >= 4 is 0 Å². The molecule has 1 fully saturated rings. The van der Waals surface area contributed by atoms with Gasteiger partial charge in [-0.3, -0.25) is 0 Å². The van der Waals surface area contributed by atoms with Crippen molar-refractivity contribution in [1.29, 1.82) is 0 Å². The molecule has 1 heterocycles. The van der Waals surface area contributed by atoms with E-state index in [2.05, 4.69) is 6.92 Å². The number of methoxy groups -OCH3 is 1. The summed E-state index contributed by atoms with van der Waals surface area (Å²) in [4.78, 5) is 0. The average Bonchev–Trinajstić information content (AvgIpc) is 2.05. The summed E-state index contributed by atoms with van der Waals surface area (Å²) in [5, 5.41) is 0. The summed E-state index contributed by atoms with van der Waals surface area (Å²) in [7, 11) is 1.78. The highest BCUT2D eigenvalue weighted by Gasteiger charge is 2.19. The zero-order chi connectivity index (χ0) is 7.40. The third kappa shape index (κ3) is 1.96. The maximum absolute atomic E-state index is 5.24. The predicted molar refractivity (Wildman–Crippen MR) is 40.0 cm³/mol. The Hall–Kier alpha value is -0.0800. The average molecular weight is 144 g/mol. The Labute approximate surface area is 62.5 Å². The minimum Gasteiger partial charge on any atom is -0.381 e. The van der Waals surface area contributed by atoms with Crippen LogP contribution in [0.15, 0.2) is 0 Å². The lowest BCUT2D eigenvalue weighted by molar-refractivity contribution is -0.00462. The Balaban J connectivity index is 2.24. The van der Waals surface area contributed by atoms with Crippen LogP contribution < -0.4 is 0 Å². The summed E-state index contributed by atoms with van der Waals surface area (Å²) >= 11 is 0. The topological polar surface area (TPSA) is 18.5 Å². The summed E-state index contributed by atoms with van der Waals surface area (Å²) in [5.74, 6) is 0.721. The summed E-state index contributed by atoms with van der Waals surface area (Å²) in [6.07, 6.45) is 2.73. The molecule has 0 aromatic heterocycles. The fraction of sp³-hybridized carbons (Fsp3) is 1.00. The van der Waals surface area contributed by atoms with Gasteiger partial charge in [0.2, 0.25) is 0 Å². The summed E-state index contributed by atoms with van der Waals surface area (Å²) in [6, 6.07) is 0. The highest BCUT2D eigenvalue weighted by Crippen LogP contribution is 2.19. The van der Waals surface area contributed by atoms with E-state index in [-0.39, 0.29) is 0 Å². The molecule has 0 unspecified atom stereocenters. The van der Waals surface area contributed by atoms with Crippen LogP contribution in [0.1, 0.15) is 19.8 Å². The highest BCUT2D eigenvalue weighted by molar-refractivity contribution is 4.68. The lowest BCUT2D eigenvalue weighted by atomic mass is 9.95. The number of ether oxygens (including phenoxy) is 2. The molecule has 0 N–H and O–H groups in total. The van der Waals surface area contributed by atoms with Gasteiger partial charge < -0.3 is 9.47 Å². The first kappa shape index (κ1) is 8.02. The van der Waals surface area contributed by atoms with Crippen LogP contribution in [0.4, 0.5) is 0 Å². The lowest BCUT2D eigenvalue weighted by Gasteiger charge is -2.26. The monoisotopic (exact) mass is 144 g/mol. The van der Waals surface area contributed by atoms with Gasteiger partial charge in [0.05, 0.1) is 6.10 Å². The van der Waals surface area contributed by atoms with E-state index in [1.807, 2.05) is 0 Å². The maximum Gasteiger partial charge on any atom is 0.0573 e. The van der Waals surface area contributed by atoms with E-state index in [1.54, 1.807) is 7.11 Å². The second kappa shape index (κ2) is 3.94. The number of rotatable bonds is 2. The summed E-state index contributed by atoms with van der Waals surface area (Å²) in [5.41, 5.74) is 0. The molecular formula is C8H16O2. The van der Waals surface area contributed by atoms with Crippen molar-refractivity contribution in [2.75, 3.05) is 20.3 Å². The molecule has 0 aliphatic carbocycles. The van der Waals surface area contributed by atoms with E-state index in [0.717, 1.165) is 32.0 Å². The Morgan fingerprint density at radius 3 is 2.50 bits per heavy atom. The number of hydrogen-bond donors (Lipinski definition) is 0. The smallest absolute Gasteiger partial charge is 0.0573 e. The van der Waals surface area contributed by atoms with E-state index < -0.39 is 0 Å². The molecule has 0 aromatic carbocycles. The van der Waals surface area contributed by atoms with Crippen molar-refractivity contribution in [3.8, 4) is 0 Å². The third-order valence-corrected chi connectivity index (χ3v) is 2.30. The molecule has 0 radical (unpaired) electrons. The normalized spacial score (nSPS) is 24.6. The minimum atomic E-state index is 0.406. The van der Waals surface area contributed by atoms with E-state index in [4.69, 9.17) is 9.47 Å².